The number of hydrogen-bond donors (Lipinski definition) is 1. The first-order valence-corrected chi connectivity index (χ1v) is 5.56. The summed E-state index contributed by atoms with van der Waals surface area (Å²) < 4.78 is 4.93. The van der Waals surface area contributed by atoms with E-state index in [2.05, 4.69) is 5.32 Å². The van der Waals surface area contributed by atoms with Gasteiger partial charge in [-0.2, -0.15) is 0 Å². The van der Waals surface area contributed by atoms with Crippen LogP contribution in [0.15, 0.2) is 18.2 Å². The first-order chi connectivity index (χ1) is 8.06. The molecule has 0 fully saturated rings. The van der Waals surface area contributed by atoms with Crippen molar-refractivity contribution in [3.63, 3.8) is 0 Å². The van der Waals surface area contributed by atoms with Gasteiger partial charge in [-0.15, -0.1) is 0 Å². The highest BCUT2D eigenvalue weighted by Gasteiger charge is 2.12. The van der Waals surface area contributed by atoms with Crippen LogP contribution in [0.4, 0.5) is 0 Å². The van der Waals surface area contributed by atoms with Gasteiger partial charge in [0, 0.05) is 6.54 Å². The zero-order valence-corrected chi connectivity index (χ0v) is 10.4. The fourth-order valence-corrected chi connectivity index (χ4v) is 1.43. The van der Waals surface area contributed by atoms with E-state index in [0.717, 1.165) is 11.1 Å². The lowest BCUT2D eigenvalue weighted by Gasteiger charge is -2.08. The standard InChI is InChI=1S/C13H17NO3/c1-4-14-12(15)8-17-13(16)11-7-5-6-9(2)10(11)3/h5-7H,4,8H2,1-3H3,(H,14,15). The molecule has 0 bridgehead atoms. The minimum Gasteiger partial charge on any atom is -0.452 e. The van der Waals surface area contributed by atoms with E-state index >= 15 is 0 Å². The monoisotopic (exact) mass is 235 g/mol. The van der Waals surface area contributed by atoms with Crippen molar-refractivity contribution < 1.29 is 14.3 Å². The van der Waals surface area contributed by atoms with E-state index in [-0.39, 0.29) is 12.5 Å². The summed E-state index contributed by atoms with van der Waals surface area (Å²) in [7, 11) is 0. The van der Waals surface area contributed by atoms with E-state index < -0.39 is 5.97 Å². The SMILES string of the molecule is CCNC(=O)COC(=O)c1cccc(C)c1C. The Balaban J connectivity index is 2.64. The maximum atomic E-state index is 11.7. The van der Waals surface area contributed by atoms with E-state index in [1.54, 1.807) is 12.1 Å². The molecule has 0 aliphatic heterocycles. The molecular formula is C13H17NO3. The Morgan fingerprint density at radius 1 is 1.29 bits per heavy atom. The number of rotatable bonds is 4. The third-order valence-electron chi connectivity index (χ3n) is 2.53. The lowest BCUT2D eigenvalue weighted by molar-refractivity contribution is -0.124. The summed E-state index contributed by atoms with van der Waals surface area (Å²) in [5.41, 5.74) is 2.42. The Kier molecular flexibility index (Phi) is 4.69. The molecule has 0 unspecified atom stereocenters. The molecule has 0 aliphatic carbocycles. The fourth-order valence-electron chi connectivity index (χ4n) is 1.43. The molecule has 1 aromatic rings. The maximum absolute atomic E-state index is 11.7. The molecule has 1 aromatic carbocycles. The molecule has 0 spiro atoms. The summed E-state index contributed by atoms with van der Waals surface area (Å²) in [5.74, 6) is -0.747. The van der Waals surface area contributed by atoms with Crippen LogP contribution >= 0.6 is 0 Å². The third kappa shape index (κ3) is 3.59. The molecule has 4 heteroatoms. The van der Waals surface area contributed by atoms with Gasteiger partial charge < -0.3 is 10.1 Å². The highest BCUT2D eigenvalue weighted by atomic mass is 16.5. The zero-order valence-electron chi connectivity index (χ0n) is 10.4. The van der Waals surface area contributed by atoms with Gasteiger partial charge in [-0.3, -0.25) is 4.79 Å². The Hall–Kier alpha value is -1.84. The molecule has 1 rings (SSSR count). The van der Waals surface area contributed by atoms with E-state index in [1.807, 2.05) is 26.8 Å². The molecule has 0 heterocycles. The van der Waals surface area contributed by atoms with Crippen molar-refractivity contribution in [1.82, 2.24) is 5.32 Å². The number of aryl methyl sites for hydroxylation is 1. The summed E-state index contributed by atoms with van der Waals surface area (Å²) in [6, 6.07) is 5.42. The highest BCUT2D eigenvalue weighted by molar-refractivity contribution is 5.93. The van der Waals surface area contributed by atoms with Crippen LogP contribution in [0.3, 0.4) is 0 Å². The molecule has 17 heavy (non-hydrogen) atoms. The van der Waals surface area contributed by atoms with Gasteiger partial charge in [-0.25, -0.2) is 4.79 Å². The van der Waals surface area contributed by atoms with E-state index in [4.69, 9.17) is 4.74 Å². The summed E-state index contributed by atoms with van der Waals surface area (Å²) in [6.45, 7) is 5.89. The molecule has 1 N–H and O–H groups in total. The van der Waals surface area contributed by atoms with Gasteiger partial charge in [0.15, 0.2) is 6.61 Å². The summed E-state index contributed by atoms with van der Waals surface area (Å²) in [4.78, 5) is 22.9. The minimum absolute atomic E-state index is 0.236. The predicted octanol–water partition coefficient (Wildman–Crippen LogP) is 1.60. The van der Waals surface area contributed by atoms with Crippen LogP contribution in [-0.4, -0.2) is 25.0 Å². The van der Waals surface area contributed by atoms with Crippen molar-refractivity contribution in [3.8, 4) is 0 Å². The van der Waals surface area contributed by atoms with Crippen molar-refractivity contribution in [2.45, 2.75) is 20.8 Å². The van der Waals surface area contributed by atoms with Crippen LogP contribution in [0.25, 0.3) is 0 Å². The topological polar surface area (TPSA) is 55.4 Å². The second-order valence-corrected chi connectivity index (χ2v) is 3.78. The van der Waals surface area contributed by atoms with Gasteiger partial charge >= 0.3 is 5.97 Å². The van der Waals surface area contributed by atoms with Crippen molar-refractivity contribution >= 4 is 11.9 Å². The molecule has 0 saturated carbocycles. The van der Waals surface area contributed by atoms with Crippen LogP contribution in [0.5, 0.6) is 0 Å². The average Bonchev–Trinajstić information content (AvgIpc) is 2.30. The lowest BCUT2D eigenvalue weighted by Crippen LogP contribution is -2.28. The summed E-state index contributed by atoms with van der Waals surface area (Å²) >= 11 is 0. The Labute approximate surface area is 101 Å². The van der Waals surface area contributed by atoms with E-state index in [9.17, 15) is 9.59 Å². The molecule has 0 atom stereocenters. The van der Waals surface area contributed by atoms with Crippen LogP contribution in [0, 0.1) is 13.8 Å². The fraction of sp³-hybridized carbons (Fsp3) is 0.385. The molecular weight excluding hydrogens is 218 g/mol. The van der Waals surface area contributed by atoms with Crippen molar-refractivity contribution in [2.24, 2.45) is 0 Å². The first-order valence-electron chi connectivity index (χ1n) is 5.56. The number of benzene rings is 1. The van der Waals surface area contributed by atoms with Crippen molar-refractivity contribution in [3.05, 3.63) is 34.9 Å². The molecule has 0 saturated heterocycles. The number of amides is 1. The van der Waals surface area contributed by atoms with Crippen LogP contribution < -0.4 is 5.32 Å². The van der Waals surface area contributed by atoms with Gasteiger partial charge in [0.1, 0.15) is 0 Å². The molecule has 4 nitrogen and oxygen atoms in total. The highest BCUT2D eigenvalue weighted by Crippen LogP contribution is 2.13. The maximum Gasteiger partial charge on any atom is 0.338 e. The van der Waals surface area contributed by atoms with Gasteiger partial charge in [0.2, 0.25) is 0 Å². The smallest absolute Gasteiger partial charge is 0.338 e. The van der Waals surface area contributed by atoms with Crippen molar-refractivity contribution in [2.75, 3.05) is 13.2 Å². The van der Waals surface area contributed by atoms with Gasteiger partial charge in [0.25, 0.3) is 5.91 Å². The molecule has 1 amide bonds. The van der Waals surface area contributed by atoms with Crippen LogP contribution in [0.1, 0.15) is 28.4 Å². The second-order valence-electron chi connectivity index (χ2n) is 3.78. The quantitative estimate of drug-likeness (QED) is 0.806. The number of esters is 1. The van der Waals surface area contributed by atoms with E-state index in [0.29, 0.717) is 12.1 Å². The minimum atomic E-state index is -0.461. The predicted molar refractivity (Wildman–Crippen MR) is 64.9 cm³/mol. The second kappa shape index (κ2) is 6.03. The first kappa shape index (κ1) is 13.2. The zero-order chi connectivity index (χ0) is 12.8. The normalized spacial score (nSPS) is 9.82. The Morgan fingerprint density at radius 2 is 2.00 bits per heavy atom. The van der Waals surface area contributed by atoms with Crippen molar-refractivity contribution in [1.29, 1.82) is 0 Å². The molecule has 92 valence electrons. The lowest BCUT2D eigenvalue weighted by atomic mass is 10.0. The average molecular weight is 235 g/mol. The van der Waals surface area contributed by atoms with Gasteiger partial charge in [-0.1, -0.05) is 12.1 Å². The van der Waals surface area contributed by atoms with Crippen LogP contribution in [-0.2, 0) is 9.53 Å². The Morgan fingerprint density at radius 3 is 2.65 bits per heavy atom. The number of likely N-dealkylation sites (N-methyl/N-ethyl adjacent to an activating group) is 1. The number of carbonyl (C=O) groups excluding carboxylic acids is 2. The molecule has 0 aromatic heterocycles. The Bertz CT molecular complexity index is 427. The number of ether oxygens (including phenoxy) is 1. The van der Waals surface area contributed by atoms with Gasteiger partial charge in [0.05, 0.1) is 5.56 Å². The summed E-state index contributed by atoms with van der Waals surface area (Å²) in [5, 5.41) is 2.56. The number of carbonyl (C=O) groups is 2. The third-order valence-corrected chi connectivity index (χ3v) is 2.53. The van der Waals surface area contributed by atoms with Gasteiger partial charge in [-0.05, 0) is 38.0 Å². The largest absolute Gasteiger partial charge is 0.452 e. The number of nitrogens with one attached hydrogen (secondary N) is 1. The summed E-state index contributed by atoms with van der Waals surface area (Å²) in [6.07, 6.45) is 0. The van der Waals surface area contributed by atoms with Crippen LogP contribution in [0.2, 0.25) is 0 Å². The number of hydrogen-bond acceptors (Lipinski definition) is 3. The molecule has 0 aliphatic rings. The van der Waals surface area contributed by atoms with E-state index in [1.165, 1.54) is 0 Å². The molecule has 0 radical (unpaired) electrons.